The van der Waals surface area contributed by atoms with Gasteiger partial charge in [-0.15, -0.1) is 0 Å². The summed E-state index contributed by atoms with van der Waals surface area (Å²) in [6.45, 7) is 1.50. The van der Waals surface area contributed by atoms with Crippen LogP contribution in [0, 0.1) is 0 Å². The van der Waals surface area contributed by atoms with Crippen LogP contribution in [0.4, 0.5) is 0 Å². The van der Waals surface area contributed by atoms with Crippen LogP contribution in [-0.4, -0.2) is 26.1 Å². The molecule has 0 amide bonds. The van der Waals surface area contributed by atoms with E-state index in [9.17, 15) is 9.13 Å². The molecule has 8 nitrogen and oxygen atoms in total. The van der Waals surface area contributed by atoms with Crippen molar-refractivity contribution in [3.63, 3.8) is 0 Å². The van der Waals surface area contributed by atoms with Crippen LogP contribution >= 0.6 is 15.6 Å². The van der Waals surface area contributed by atoms with Crippen molar-refractivity contribution in [1.29, 1.82) is 0 Å². The monoisotopic (exact) mass is 248 g/mol. The highest BCUT2D eigenvalue weighted by molar-refractivity contribution is 7.60. The predicted octanol–water partition coefficient (Wildman–Crippen LogP) is 0.107. The molecule has 2 unspecified atom stereocenters. The summed E-state index contributed by atoms with van der Waals surface area (Å²) in [5, 5.41) is 8.81. The first kappa shape index (κ1) is 14.0. The summed E-state index contributed by atoms with van der Waals surface area (Å²) in [5.41, 5.74) is 0. The van der Waals surface area contributed by atoms with Gasteiger partial charge in [-0.05, 0) is 13.0 Å². The maximum absolute atomic E-state index is 10.7. The van der Waals surface area contributed by atoms with Crippen molar-refractivity contribution < 1.29 is 37.8 Å². The minimum atomic E-state index is -5.14. The van der Waals surface area contributed by atoms with Gasteiger partial charge in [0.05, 0.1) is 0 Å². The fourth-order valence-corrected chi connectivity index (χ4v) is 2.06. The molecule has 0 rings (SSSR count). The van der Waals surface area contributed by atoms with Crippen LogP contribution < -0.4 is 0 Å². The lowest BCUT2D eigenvalue weighted by Gasteiger charge is -2.14. The van der Waals surface area contributed by atoms with Crippen LogP contribution in [0.25, 0.3) is 0 Å². The molecule has 0 spiro atoms. The summed E-state index contributed by atoms with van der Waals surface area (Å²) in [7, 11) is -10.1. The Morgan fingerprint density at radius 3 is 2.14 bits per heavy atom. The maximum Gasteiger partial charge on any atom is 0.483 e. The Hall–Kier alpha value is -0.0400. The standard InChI is InChI=1S/C4H10O8P2/c1-2-3-4(5)11-14(9,10)12-13(6,7)8/h2-5H,1H3,(H,9,10)(H2,6,7,8). The van der Waals surface area contributed by atoms with E-state index in [4.69, 9.17) is 19.8 Å². The van der Waals surface area contributed by atoms with E-state index in [0.717, 1.165) is 6.08 Å². The molecular formula is C4H10O8P2. The number of phosphoric acid groups is 2. The van der Waals surface area contributed by atoms with Crippen LogP contribution in [-0.2, 0) is 18.0 Å². The quantitative estimate of drug-likeness (QED) is 0.306. The molecule has 0 aromatic carbocycles. The molecule has 0 aliphatic rings. The van der Waals surface area contributed by atoms with Crippen LogP contribution in [0.3, 0.4) is 0 Å². The van der Waals surface area contributed by atoms with E-state index < -0.39 is 21.9 Å². The lowest BCUT2D eigenvalue weighted by molar-refractivity contribution is 0.00164. The summed E-state index contributed by atoms with van der Waals surface area (Å²) < 4.78 is 28.2. The molecule has 0 bridgehead atoms. The summed E-state index contributed by atoms with van der Waals surface area (Å²) in [6, 6.07) is 0. The Morgan fingerprint density at radius 1 is 1.29 bits per heavy atom. The number of rotatable bonds is 5. The predicted molar refractivity (Wildman–Crippen MR) is 44.9 cm³/mol. The van der Waals surface area contributed by atoms with Gasteiger partial charge >= 0.3 is 15.6 Å². The molecule has 0 saturated carbocycles. The van der Waals surface area contributed by atoms with Gasteiger partial charge in [-0.25, -0.2) is 9.13 Å². The van der Waals surface area contributed by atoms with Gasteiger partial charge < -0.3 is 19.8 Å². The zero-order chi connectivity index (χ0) is 11.4. The number of hydrogen-bond acceptors (Lipinski definition) is 5. The molecule has 0 aromatic heterocycles. The molecule has 4 N–H and O–H groups in total. The molecule has 0 saturated heterocycles. The van der Waals surface area contributed by atoms with Gasteiger partial charge in [0, 0.05) is 0 Å². The molecule has 0 radical (unpaired) electrons. The average Bonchev–Trinajstić information content (AvgIpc) is 1.78. The lowest BCUT2D eigenvalue weighted by Crippen LogP contribution is -2.07. The first-order valence-corrected chi connectivity index (χ1v) is 6.28. The van der Waals surface area contributed by atoms with Crippen molar-refractivity contribution in [3.8, 4) is 0 Å². The van der Waals surface area contributed by atoms with E-state index in [1.54, 1.807) is 0 Å². The summed E-state index contributed by atoms with van der Waals surface area (Å²) in [5.74, 6) is 0. The smallest absolute Gasteiger partial charge is 0.364 e. The third kappa shape index (κ3) is 7.37. The van der Waals surface area contributed by atoms with Crippen LogP contribution in [0.15, 0.2) is 12.2 Å². The van der Waals surface area contributed by atoms with Gasteiger partial charge in [0.2, 0.25) is 0 Å². The van der Waals surface area contributed by atoms with Crippen molar-refractivity contribution in [3.05, 3.63) is 12.2 Å². The highest BCUT2D eigenvalue weighted by Crippen LogP contribution is 2.57. The Bertz CT molecular complexity index is 292. The van der Waals surface area contributed by atoms with E-state index in [1.807, 2.05) is 0 Å². The fraction of sp³-hybridized carbons (Fsp3) is 0.500. The Labute approximate surface area is 79.6 Å². The first-order chi connectivity index (χ1) is 6.16. The van der Waals surface area contributed by atoms with E-state index in [0.29, 0.717) is 0 Å². The molecule has 84 valence electrons. The number of phosphoric ester groups is 1. The second-order valence-electron chi connectivity index (χ2n) is 2.06. The van der Waals surface area contributed by atoms with Gasteiger partial charge in [0.25, 0.3) is 0 Å². The molecule has 0 aliphatic heterocycles. The van der Waals surface area contributed by atoms with E-state index >= 15 is 0 Å². The third-order valence-corrected chi connectivity index (χ3v) is 2.97. The molecule has 0 heterocycles. The molecule has 14 heavy (non-hydrogen) atoms. The topological polar surface area (TPSA) is 134 Å². The van der Waals surface area contributed by atoms with E-state index in [1.165, 1.54) is 13.0 Å². The number of hydrogen-bond donors (Lipinski definition) is 4. The van der Waals surface area contributed by atoms with Gasteiger partial charge in [-0.3, -0.25) is 4.52 Å². The van der Waals surface area contributed by atoms with Crippen molar-refractivity contribution in [2.75, 3.05) is 0 Å². The van der Waals surface area contributed by atoms with Crippen molar-refractivity contribution in [2.24, 2.45) is 0 Å². The molecule has 2 atom stereocenters. The van der Waals surface area contributed by atoms with Crippen LogP contribution in [0.1, 0.15) is 6.92 Å². The minimum absolute atomic E-state index is 0.978. The second-order valence-corrected chi connectivity index (χ2v) is 4.84. The SMILES string of the molecule is CC=CC(O)OP(=O)(O)OP(=O)(O)O. The summed E-state index contributed by atoms with van der Waals surface area (Å²) in [6.07, 6.45) is 0.510. The maximum atomic E-state index is 10.7. The van der Waals surface area contributed by atoms with Gasteiger partial charge in [-0.2, -0.15) is 4.31 Å². The van der Waals surface area contributed by atoms with E-state index in [2.05, 4.69) is 8.83 Å². The Balaban J connectivity index is 4.35. The van der Waals surface area contributed by atoms with Crippen molar-refractivity contribution >= 4 is 15.6 Å². The molecule has 0 aliphatic carbocycles. The van der Waals surface area contributed by atoms with Gasteiger partial charge in [0.1, 0.15) is 0 Å². The summed E-state index contributed by atoms with van der Waals surface area (Å²) >= 11 is 0. The number of aliphatic hydroxyl groups excluding tert-OH is 1. The molecule has 0 aromatic rings. The zero-order valence-electron chi connectivity index (χ0n) is 7.05. The third-order valence-electron chi connectivity index (χ3n) is 0.808. The Kier molecular flexibility index (Phi) is 5.14. The van der Waals surface area contributed by atoms with Crippen LogP contribution in [0.5, 0.6) is 0 Å². The molecule has 10 heteroatoms. The highest BCUT2D eigenvalue weighted by Gasteiger charge is 2.33. The lowest BCUT2D eigenvalue weighted by atomic mass is 10.5. The second kappa shape index (κ2) is 5.16. The number of aliphatic hydroxyl groups is 1. The first-order valence-electron chi connectivity index (χ1n) is 3.25. The summed E-state index contributed by atoms with van der Waals surface area (Å²) in [4.78, 5) is 25.0. The van der Waals surface area contributed by atoms with Crippen molar-refractivity contribution in [1.82, 2.24) is 0 Å². The zero-order valence-corrected chi connectivity index (χ0v) is 8.84. The highest BCUT2D eigenvalue weighted by atomic mass is 31.3. The van der Waals surface area contributed by atoms with E-state index in [-0.39, 0.29) is 0 Å². The minimum Gasteiger partial charge on any atom is -0.364 e. The largest absolute Gasteiger partial charge is 0.483 e. The van der Waals surface area contributed by atoms with Crippen molar-refractivity contribution in [2.45, 2.75) is 13.2 Å². The molecular weight excluding hydrogens is 238 g/mol. The Morgan fingerprint density at radius 2 is 1.79 bits per heavy atom. The molecule has 0 fully saturated rings. The van der Waals surface area contributed by atoms with Crippen LogP contribution in [0.2, 0.25) is 0 Å². The number of allylic oxidation sites excluding steroid dienone is 1. The average molecular weight is 248 g/mol. The fourth-order valence-electron chi connectivity index (χ4n) is 0.490. The van der Waals surface area contributed by atoms with Gasteiger partial charge in [-0.1, -0.05) is 6.08 Å². The van der Waals surface area contributed by atoms with Gasteiger partial charge in [0.15, 0.2) is 6.29 Å². The normalized spacial score (nSPS) is 19.5.